The molecule has 2 N–H and O–H groups in total. The first-order valence-electron chi connectivity index (χ1n) is 11.0. The third-order valence-corrected chi connectivity index (χ3v) is 6.23. The first kappa shape index (κ1) is 21.8. The van der Waals surface area contributed by atoms with Gasteiger partial charge in [0.25, 0.3) is 0 Å². The van der Waals surface area contributed by atoms with Crippen molar-refractivity contribution in [2.75, 3.05) is 11.9 Å². The molecule has 8 heteroatoms. The number of aromatic nitrogens is 3. The number of thiocarbonyl (C=S) groups is 1. The van der Waals surface area contributed by atoms with Crippen molar-refractivity contribution in [2.24, 2.45) is 0 Å². The van der Waals surface area contributed by atoms with E-state index in [1.54, 1.807) is 12.4 Å². The van der Waals surface area contributed by atoms with Crippen molar-refractivity contribution in [2.45, 2.75) is 19.0 Å². The van der Waals surface area contributed by atoms with Crippen LogP contribution in [0.1, 0.15) is 29.2 Å². The molecule has 0 spiro atoms. The van der Waals surface area contributed by atoms with Crippen molar-refractivity contribution in [3.63, 3.8) is 0 Å². The second-order valence-corrected chi connectivity index (χ2v) is 8.50. The van der Waals surface area contributed by atoms with Crippen molar-refractivity contribution < 1.29 is 4.79 Å². The van der Waals surface area contributed by atoms with Gasteiger partial charge in [-0.1, -0.05) is 24.3 Å². The summed E-state index contributed by atoms with van der Waals surface area (Å²) in [6, 6.07) is 22.9. The van der Waals surface area contributed by atoms with Crippen LogP contribution in [-0.2, 0) is 4.79 Å². The number of pyridine rings is 2. The Morgan fingerprint density at radius 3 is 2.59 bits per heavy atom. The summed E-state index contributed by atoms with van der Waals surface area (Å²) in [6.07, 6.45) is 5.36. The largest absolute Gasteiger partial charge is 0.352 e. The van der Waals surface area contributed by atoms with Crippen molar-refractivity contribution in [1.82, 2.24) is 24.8 Å². The molecule has 1 aliphatic heterocycles. The lowest BCUT2D eigenvalue weighted by molar-refractivity contribution is -0.116. The van der Waals surface area contributed by atoms with Crippen molar-refractivity contribution in [3.05, 3.63) is 108 Å². The zero-order valence-electron chi connectivity index (χ0n) is 18.6. The Hall–Kier alpha value is -4.04. The molecule has 1 amide bonds. The maximum absolute atomic E-state index is 13.0. The summed E-state index contributed by atoms with van der Waals surface area (Å²) in [4.78, 5) is 23.9. The summed E-state index contributed by atoms with van der Waals surface area (Å²) in [7, 11) is 0. The van der Waals surface area contributed by atoms with Gasteiger partial charge in [0.1, 0.15) is 6.54 Å². The van der Waals surface area contributed by atoms with Crippen molar-refractivity contribution in [1.29, 1.82) is 0 Å². The van der Waals surface area contributed by atoms with Crippen LogP contribution in [0.5, 0.6) is 0 Å². The Bertz CT molecular complexity index is 1290. The lowest BCUT2D eigenvalue weighted by atomic mass is 10.0. The summed E-state index contributed by atoms with van der Waals surface area (Å²) in [5, 5.41) is 6.89. The molecule has 0 bridgehead atoms. The Labute approximate surface area is 203 Å². The van der Waals surface area contributed by atoms with E-state index in [2.05, 4.69) is 44.2 Å². The molecule has 0 aliphatic carbocycles. The maximum Gasteiger partial charge on any atom is 0.244 e. The zero-order valence-corrected chi connectivity index (χ0v) is 19.4. The van der Waals surface area contributed by atoms with Crippen LogP contribution < -0.4 is 10.6 Å². The Kier molecular flexibility index (Phi) is 6.05. The molecule has 4 heterocycles. The van der Waals surface area contributed by atoms with Crippen LogP contribution in [0.15, 0.2) is 91.4 Å². The molecular formula is C26H24N6OS. The van der Waals surface area contributed by atoms with Gasteiger partial charge in [0.2, 0.25) is 5.91 Å². The van der Waals surface area contributed by atoms with Gasteiger partial charge in [0.05, 0.1) is 29.7 Å². The highest BCUT2D eigenvalue weighted by Crippen LogP contribution is 2.40. The number of amides is 1. The maximum atomic E-state index is 13.0. The molecule has 1 fully saturated rings. The minimum Gasteiger partial charge on any atom is -0.352 e. The fourth-order valence-corrected chi connectivity index (χ4v) is 4.71. The molecule has 0 radical (unpaired) electrons. The number of benzene rings is 1. The SMILES string of the molecule is Cc1ccc([C@H]2[C@@H](c3ccccn3)NC(=S)N2CC(=O)Nc2ccccc2)n1-c1cccnc1. The topological polar surface area (TPSA) is 75.1 Å². The van der Waals surface area contributed by atoms with E-state index in [1.165, 1.54) is 0 Å². The van der Waals surface area contributed by atoms with E-state index in [-0.39, 0.29) is 24.5 Å². The fraction of sp³-hybridized carbons (Fsp3) is 0.154. The number of rotatable bonds is 6. The summed E-state index contributed by atoms with van der Waals surface area (Å²) < 4.78 is 2.16. The number of hydrogen-bond acceptors (Lipinski definition) is 4. The van der Waals surface area contributed by atoms with Crippen molar-refractivity contribution in [3.8, 4) is 5.69 Å². The Morgan fingerprint density at radius 2 is 1.85 bits per heavy atom. The van der Waals surface area contributed by atoms with E-state index in [1.807, 2.05) is 71.8 Å². The molecule has 4 aromatic rings. The molecule has 0 unspecified atom stereocenters. The standard InChI is InChI=1S/C26H24N6OS/c1-18-12-13-22(32(18)20-10-7-14-27-16-20)25-24(21-11-5-6-15-28-21)30-26(34)31(25)17-23(33)29-19-8-3-2-4-9-19/h2-16,24-25H,17H2,1H3,(H,29,33)(H,30,34)/t24-,25+/m1/s1. The average Bonchev–Trinajstić information content (AvgIpc) is 3.40. The average molecular weight is 469 g/mol. The smallest absolute Gasteiger partial charge is 0.244 e. The summed E-state index contributed by atoms with van der Waals surface area (Å²) >= 11 is 5.73. The number of carbonyl (C=O) groups excluding carboxylic acids is 1. The Morgan fingerprint density at radius 1 is 1.03 bits per heavy atom. The summed E-state index contributed by atoms with van der Waals surface area (Å²) in [5.41, 5.74) is 4.62. The number of nitrogens with one attached hydrogen (secondary N) is 2. The highest BCUT2D eigenvalue weighted by molar-refractivity contribution is 7.80. The third-order valence-electron chi connectivity index (χ3n) is 5.88. The molecule has 2 atom stereocenters. The van der Waals surface area contributed by atoms with E-state index < -0.39 is 0 Å². The van der Waals surface area contributed by atoms with Crippen LogP contribution in [0.3, 0.4) is 0 Å². The molecule has 34 heavy (non-hydrogen) atoms. The molecule has 7 nitrogen and oxygen atoms in total. The van der Waals surface area contributed by atoms with E-state index >= 15 is 0 Å². The lowest BCUT2D eigenvalue weighted by Gasteiger charge is -2.28. The first-order valence-corrected chi connectivity index (χ1v) is 11.4. The van der Waals surface area contributed by atoms with Gasteiger partial charge in [-0.15, -0.1) is 0 Å². The lowest BCUT2D eigenvalue weighted by Crippen LogP contribution is -2.37. The predicted octanol–water partition coefficient (Wildman–Crippen LogP) is 4.19. The predicted molar refractivity (Wildman–Crippen MR) is 136 cm³/mol. The molecule has 3 aromatic heterocycles. The quantitative estimate of drug-likeness (QED) is 0.414. The van der Waals surface area contributed by atoms with E-state index in [4.69, 9.17) is 12.2 Å². The fourth-order valence-electron chi connectivity index (χ4n) is 4.40. The molecular weight excluding hydrogens is 444 g/mol. The number of anilines is 1. The summed E-state index contributed by atoms with van der Waals surface area (Å²) in [5.74, 6) is -0.141. The number of aryl methyl sites for hydroxylation is 1. The number of hydrogen-bond donors (Lipinski definition) is 2. The summed E-state index contributed by atoms with van der Waals surface area (Å²) in [6.45, 7) is 2.16. The van der Waals surface area contributed by atoms with Crippen molar-refractivity contribution >= 4 is 28.9 Å². The van der Waals surface area contributed by atoms with Gasteiger partial charge >= 0.3 is 0 Å². The van der Waals surface area contributed by atoms with Crippen LogP contribution in [0.25, 0.3) is 5.69 Å². The Balaban J connectivity index is 1.54. The highest BCUT2D eigenvalue weighted by atomic mass is 32.1. The van der Waals surface area contributed by atoms with Crippen LogP contribution in [0, 0.1) is 6.92 Å². The van der Waals surface area contributed by atoms with Crippen LogP contribution in [-0.4, -0.2) is 37.0 Å². The number of para-hydroxylation sites is 1. The monoisotopic (exact) mass is 468 g/mol. The van der Waals surface area contributed by atoms with Crippen LogP contribution >= 0.6 is 12.2 Å². The third kappa shape index (κ3) is 4.27. The van der Waals surface area contributed by atoms with Gasteiger partial charge < -0.3 is 20.1 Å². The zero-order chi connectivity index (χ0) is 23.5. The van der Waals surface area contributed by atoms with E-state index in [9.17, 15) is 4.79 Å². The van der Waals surface area contributed by atoms with Crippen LogP contribution in [0.4, 0.5) is 5.69 Å². The van der Waals surface area contributed by atoms with Gasteiger partial charge in [0.15, 0.2) is 5.11 Å². The molecule has 1 aromatic carbocycles. The molecule has 1 saturated heterocycles. The van der Waals surface area contributed by atoms with Gasteiger partial charge in [0, 0.05) is 29.5 Å². The first-order chi connectivity index (χ1) is 16.6. The van der Waals surface area contributed by atoms with Gasteiger partial charge in [-0.25, -0.2) is 0 Å². The molecule has 0 saturated carbocycles. The minimum absolute atomic E-state index is 0.103. The van der Waals surface area contributed by atoms with Gasteiger partial charge in [-0.3, -0.25) is 14.8 Å². The number of nitrogens with zero attached hydrogens (tertiary/aromatic N) is 4. The second kappa shape index (κ2) is 9.44. The second-order valence-electron chi connectivity index (χ2n) is 8.11. The normalized spacial score (nSPS) is 17.4. The van der Waals surface area contributed by atoms with Gasteiger partial charge in [-0.2, -0.15) is 0 Å². The van der Waals surface area contributed by atoms with Crippen LogP contribution in [0.2, 0.25) is 0 Å². The van der Waals surface area contributed by atoms with E-state index in [0.29, 0.717) is 5.11 Å². The van der Waals surface area contributed by atoms with E-state index in [0.717, 1.165) is 28.5 Å². The van der Waals surface area contributed by atoms with Gasteiger partial charge in [-0.05, 0) is 67.7 Å². The number of carbonyl (C=O) groups is 1. The minimum atomic E-state index is -0.252. The molecule has 5 rings (SSSR count). The molecule has 170 valence electrons. The highest BCUT2D eigenvalue weighted by Gasteiger charge is 2.42. The molecule has 1 aliphatic rings.